The monoisotopic (exact) mass is 635 g/mol. The number of nitrogens with one attached hydrogen (secondary N) is 1. The Labute approximate surface area is 277 Å². The summed E-state index contributed by atoms with van der Waals surface area (Å²) >= 11 is 0. The standard InChI is InChI=1S/C28H35N3O5.C8H16.C2H6/c1-17(2)19-14-18(3)12-13-21(19)31-22(26-23(34-7)10-9-11-24(26)35-8)15-20(30-31)27(33)29-16-25(32)36-28(4,5)6;1-2-5-8-6-3-4-7-8;1-2/h9-15,17H,16H2,1-8H3,(H,29,33);8H,2-7H2,1H3;1-2H3. The van der Waals surface area contributed by atoms with Crippen LogP contribution in [0, 0.1) is 12.8 Å². The van der Waals surface area contributed by atoms with Gasteiger partial charge in [0.15, 0.2) is 5.69 Å². The van der Waals surface area contributed by atoms with E-state index in [1.54, 1.807) is 45.7 Å². The van der Waals surface area contributed by atoms with E-state index in [2.05, 4.69) is 37.3 Å². The lowest BCUT2D eigenvalue weighted by Gasteiger charge is -2.19. The summed E-state index contributed by atoms with van der Waals surface area (Å²) < 4.78 is 18.3. The highest BCUT2D eigenvalue weighted by atomic mass is 16.6. The molecule has 1 aromatic heterocycles. The molecule has 1 aliphatic rings. The molecule has 1 N–H and O–H groups in total. The van der Waals surface area contributed by atoms with Crippen LogP contribution in [0.5, 0.6) is 11.5 Å². The fourth-order valence-corrected chi connectivity index (χ4v) is 5.61. The molecule has 8 heteroatoms. The molecular formula is C38H57N3O5. The van der Waals surface area contributed by atoms with Crippen molar-refractivity contribution in [3.05, 3.63) is 59.3 Å². The molecular weight excluding hydrogens is 578 g/mol. The van der Waals surface area contributed by atoms with Crippen LogP contribution in [-0.2, 0) is 9.53 Å². The maximum atomic E-state index is 13.1. The number of nitrogens with zero attached hydrogens (tertiary/aromatic N) is 2. The lowest BCUT2D eigenvalue weighted by atomic mass is 9.98. The van der Waals surface area contributed by atoms with Crippen LogP contribution >= 0.6 is 0 Å². The Kier molecular flexibility index (Phi) is 15.3. The van der Waals surface area contributed by atoms with Crippen molar-refractivity contribution in [3.8, 4) is 28.4 Å². The van der Waals surface area contributed by atoms with E-state index in [0.29, 0.717) is 22.8 Å². The van der Waals surface area contributed by atoms with Crippen LogP contribution in [0.2, 0.25) is 0 Å². The smallest absolute Gasteiger partial charge is 0.325 e. The van der Waals surface area contributed by atoms with Crippen LogP contribution in [0.15, 0.2) is 42.5 Å². The van der Waals surface area contributed by atoms with Crippen molar-refractivity contribution >= 4 is 11.9 Å². The van der Waals surface area contributed by atoms with Crippen LogP contribution in [0.4, 0.5) is 0 Å². The average Bonchev–Trinajstić information content (AvgIpc) is 3.70. The maximum absolute atomic E-state index is 13.1. The fraction of sp³-hybridized carbons (Fsp3) is 0.553. The van der Waals surface area contributed by atoms with Gasteiger partial charge in [0.05, 0.1) is 31.2 Å². The lowest BCUT2D eigenvalue weighted by molar-refractivity contribution is -0.153. The molecule has 4 rings (SSSR count). The number of methoxy groups -OCH3 is 2. The van der Waals surface area contributed by atoms with Crippen molar-refractivity contribution in [3.63, 3.8) is 0 Å². The van der Waals surface area contributed by atoms with Gasteiger partial charge in [0.25, 0.3) is 5.91 Å². The Morgan fingerprint density at radius 1 is 1.00 bits per heavy atom. The van der Waals surface area contributed by atoms with Crippen molar-refractivity contribution in [1.82, 2.24) is 15.1 Å². The minimum Gasteiger partial charge on any atom is -0.496 e. The van der Waals surface area contributed by atoms with Gasteiger partial charge >= 0.3 is 5.97 Å². The second-order valence-electron chi connectivity index (χ2n) is 12.8. The molecule has 0 spiro atoms. The molecule has 3 aromatic rings. The van der Waals surface area contributed by atoms with Gasteiger partial charge in [-0.1, -0.05) is 96.9 Å². The molecule has 254 valence electrons. The number of esters is 1. The number of rotatable bonds is 10. The number of aryl methyl sites for hydroxylation is 1. The third kappa shape index (κ3) is 10.9. The molecule has 0 aliphatic heterocycles. The Hall–Kier alpha value is -3.81. The van der Waals surface area contributed by atoms with Crippen molar-refractivity contribution in [1.29, 1.82) is 0 Å². The lowest BCUT2D eigenvalue weighted by Crippen LogP contribution is -2.34. The van der Waals surface area contributed by atoms with E-state index in [0.717, 1.165) is 22.7 Å². The molecule has 1 amide bonds. The van der Waals surface area contributed by atoms with E-state index in [-0.39, 0.29) is 18.2 Å². The van der Waals surface area contributed by atoms with Crippen LogP contribution in [0.1, 0.15) is 121 Å². The van der Waals surface area contributed by atoms with Gasteiger partial charge in [-0.3, -0.25) is 9.59 Å². The van der Waals surface area contributed by atoms with Gasteiger partial charge in [0.1, 0.15) is 23.6 Å². The molecule has 8 nitrogen and oxygen atoms in total. The Bertz CT molecular complexity index is 1380. The first-order valence-electron chi connectivity index (χ1n) is 16.8. The molecule has 1 heterocycles. The first-order valence-corrected chi connectivity index (χ1v) is 16.8. The van der Waals surface area contributed by atoms with E-state index in [9.17, 15) is 9.59 Å². The number of carbonyl (C=O) groups excluding carboxylic acids is 2. The predicted octanol–water partition coefficient (Wildman–Crippen LogP) is 9.06. The SMILES string of the molecule is CC.CCCC1CCCC1.COc1cccc(OC)c1-c1cc(C(=O)NCC(=O)OC(C)(C)C)nn1-c1ccc(C)cc1C(C)C. The minimum atomic E-state index is -0.643. The molecule has 0 radical (unpaired) electrons. The van der Waals surface area contributed by atoms with Crippen LogP contribution in [0.3, 0.4) is 0 Å². The van der Waals surface area contributed by atoms with Crippen molar-refractivity contribution in [2.45, 2.75) is 112 Å². The second kappa shape index (κ2) is 18.4. The van der Waals surface area contributed by atoms with Gasteiger partial charge in [-0.25, -0.2) is 4.68 Å². The summed E-state index contributed by atoms with van der Waals surface area (Å²) in [7, 11) is 3.16. The average molecular weight is 636 g/mol. The Morgan fingerprint density at radius 2 is 1.61 bits per heavy atom. The second-order valence-corrected chi connectivity index (χ2v) is 12.8. The predicted molar refractivity (Wildman–Crippen MR) is 187 cm³/mol. The number of benzene rings is 2. The zero-order chi connectivity index (χ0) is 34.4. The largest absolute Gasteiger partial charge is 0.496 e. The van der Waals surface area contributed by atoms with Crippen molar-refractivity contribution in [2.24, 2.45) is 5.92 Å². The number of ether oxygens (including phenoxy) is 3. The quantitative estimate of drug-likeness (QED) is 0.224. The number of carbonyl (C=O) groups is 2. The molecule has 0 bridgehead atoms. The number of hydrogen-bond donors (Lipinski definition) is 1. The summed E-state index contributed by atoms with van der Waals surface area (Å²) in [5.74, 6) is 1.46. The van der Waals surface area contributed by atoms with Gasteiger partial charge < -0.3 is 19.5 Å². The highest BCUT2D eigenvalue weighted by Crippen LogP contribution is 2.40. The molecule has 1 aliphatic carbocycles. The molecule has 46 heavy (non-hydrogen) atoms. The maximum Gasteiger partial charge on any atom is 0.325 e. The first-order chi connectivity index (χ1) is 21.9. The fourth-order valence-electron chi connectivity index (χ4n) is 5.61. The van der Waals surface area contributed by atoms with E-state index in [1.165, 1.54) is 38.5 Å². The highest BCUT2D eigenvalue weighted by molar-refractivity contribution is 5.96. The van der Waals surface area contributed by atoms with E-state index < -0.39 is 17.5 Å². The zero-order valence-electron chi connectivity index (χ0n) is 30.1. The summed E-state index contributed by atoms with van der Waals surface area (Å²) in [5, 5.41) is 7.29. The van der Waals surface area contributed by atoms with Gasteiger partial charge in [-0.15, -0.1) is 0 Å². The molecule has 1 saturated carbocycles. The Morgan fingerprint density at radius 3 is 2.13 bits per heavy atom. The number of amides is 1. The number of aromatic nitrogens is 2. The third-order valence-electron chi connectivity index (χ3n) is 7.64. The summed E-state index contributed by atoms with van der Waals surface area (Å²) in [6.45, 7) is 17.6. The van der Waals surface area contributed by atoms with Crippen LogP contribution in [0.25, 0.3) is 16.9 Å². The Balaban J connectivity index is 0.000000632. The highest BCUT2D eigenvalue weighted by Gasteiger charge is 2.25. The first kappa shape index (κ1) is 38.4. The topological polar surface area (TPSA) is 91.7 Å². The minimum absolute atomic E-state index is 0.150. The summed E-state index contributed by atoms with van der Waals surface area (Å²) in [6, 6.07) is 13.3. The van der Waals surface area contributed by atoms with Gasteiger partial charge in [0, 0.05) is 0 Å². The van der Waals surface area contributed by atoms with Crippen LogP contribution in [-0.4, -0.2) is 48.0 Å². The van der Waals surface area contributed by atoms with Crippen molar-refractivity contribution < 1.29 is 23.8 Å². The van der Waals surface area contributed by atoms with Gasteiger partial charge in [-0.2, -0.15) is 5.10 Å². The summed E-state index contributed by atoms with van der Waals surface area (Å²) in [4.78, 5) is 25.2. The van der Waals surface area contributed by atoms with E-state index in [4.69, 9.17) is 14.2 Å². The molecule has 0 unspecified atom stereocenters. The third-order valence-corrected chi connectivity index (χ3v) is 7.64. The zero-order valence-corrected chi connectivity index (χ0v) is 30.1. The van der Waals surface area contributed by atoms with E-state index in [1.807, 2.05) is 51.1 Å². The normalized spacial score (nSPS) is 12.9. The number of hydrogen-bond acceptors (Lipinski definition) is 6. The summed E-state index contributed by atoms with van der Waals surface area (Å²) in [6.07, 6.45) is 8.93. The molecule has 0 atom stereocenters. The molecule has 0 saturated heterocycles. The summed E-state index contributed by atoms with van der Waals surface area (Å²) in [5.41, 5.74) is 3.83. The molecule has 2 aromatic carbocycles. The van der Waals surface area contributed by atoms with Crippen LogP contribution < -0.4 is 14.8 Å². The molecule has 1 fully saturated rings. The van der Waals surface area contributed by atoms with E-state index >= 15 is 0 Å². The van der Waals surface area contributed by atoms with Gasteiger partial charge in [0.2, 0.25) is 0 Å². The van der Waals surface area contributed by atoms with Crippen molar-refractivity contribution in [2.75, 3.05) is 20.8 Å². The van der Waals surface area contributed by atoms with Gasteiger partial charge in [-0.05, 0) is 69.4 Å².